The van der Waals surface area contributed by atoms with Crippen LogP contribution in [0.3, 0.4) is 0 Å². The third-order valence-corrected chi connectivity index (χ3v) is 3.91. The molecule has 1 unspecified atom stereocenters. The van der Waals surface area contributed by atoms with Gasteiger partial charge in [-0.1, -0.05) is 6.07 Å². The number of aliphatic hydroxyl groups excluding tert-OH is 1. The highest BCUT2D eigenvalue weighted by Gasteiger charge is 2.20. The second-order valence-corrected chi connectivity index (χ2v) is 6.02. The average molecular weight is 315 g/mol. The molecule has 8 heteroatoms. The topological polar surface area (TPSA) is 113 Å². The van der Waals surface area contributed by atoms with Crippen LogP contribution in [0, 0.1) is 0 Å². The van der Waals surface area contributed by atoms with Crippen molar-refractivity contribution in [3.63, 3.8) is 0 Å². The Bertz CT molecular complexity index is 636. The van der Waals surface area contributed by atoms with E-state index in [0.29, 0.717) is 5.56 Å². The van der Waals surface area contributed by atoms with Gasteiger partial charge in [-0.05, 0) is 30.7 Å². The number of carbonyl (C=O) groups is 1. The van der Waals surface area contributed by atoms with E-state index in [0.717, 1.165) is 6.08 Å². The van der Waals surface area contributed by atoms with Crippen molar-refractivity contribution in [3.8, 4) is 5.75 Å². The number of hydrogen-bond acceptors (Lipinski definition) is 5. The molecule has 0 heterocycles. The Kier molecular flexibility index (Phi) is 5.89. The quantitative estimate of drug-likeness (QED) is 0.630. The first-order chi connectivity index (χ1) is 9.76. The van der Waals surface area contributed by atoms with Crippen LogP contribution in [0.4, 0.5) is 0 Å². The molecule has 0 radical (unpaired) electrons. The van der Waals surface area contributed by atoms with Gasteiger partial charge < -0.3 is 14.9 Å². The lowest BCUT2D eigenvalue weighted by Gasteiger charge is -2.12. The number of carboxylic acids is 1. The molecule has 0 aromatic heterocycles. The van der Waals surface area contributed by atoms with Crippen molar-refractivity contribution in [2.75, 3.05) is 13.7 Å². The van der Waals surface area contributed by atoms with Gasteiger partial charge in [-0.3, -0.25) is 0 Å². The summed E-state index contributed by atoms with van der Waals surface area (Å²) in [5.41, 5.74) is 0.399. The second kappa shape index (κ2) is 7.21. The van der Waals surface area contributed by atoms with Crippen LogP contribution in [0.25, 0.3) is 6.08 Å². The van der Waals surface area contributed by atoms with Crippen molar-refractivity contribution < 1.29 is 28.2 Å². The third kappa shape index (κ3) is 5.18. The van der Waals surface area contributed by atoms with Crippen LogP contribution in [0.5, 0.6) is 5.75 Å². The number of rotatable bonds is 7. The minimum Gasteiger partial charge on any atom is -0.495 e. The maximum Gasteiger partial charge on any atom is 0.328 e. The Labute approximate surface area is 122 Å². The van der Waals surface area contributed by atoms with Crippen LogP contribution in [-0.2, 0) is 14.8 Å². The summed E-state index contributed by atoms with van der Waals surface area (Å²) in [5.74, 6) is -1.01. The lowest BCUT2D eigenvalue weighted by atomic mass is 10.2. The van der Waals surface area contributed by atoms with E-state index in [4.69, 9.17) is 14.9 Å². The fourth-order valence-electron chi connectivity index (χ4n) is 1.48. The Morgan fingerprint density at radius 2 is 2.14 bits per heavy atom. The number of carboxylic acid groups (broad SMARTS) is 1. The molecule has 7 nitrogen and oxygen atoms in total. The second-order valence-electron chi connectivity index (χ2n) is 4.28. The number of nitrogens with one attached hydrogen (secondary N) is 1. The number of ether oxygens (including phenoxy) is 1. The van der Waals surface area contributed by atoms with Gasteiger partial charge in [-0.25, -0.2) is 17.9 Å². The molecule has 0 fully saturated rings. The summed E-state index contributed by atoms with van der Waals surface area (Å²) in [6.07, 6.45) is 1.34. The summed E-state index contributed by atoms with van der Waals surface area (Å²) in [5, 5.41) is 17.7. The number of hydrogen-bond donors (Lipinski definition) is 3. The van der Waals surface area contributed by atoms with Crippen molar-refractivity contribution in [2.24, 2.45) is 0 Å². The molecule has 21 heavy (non-hydrogen) atoms. The fourth-order valence-corrected chi connectivity index (χ4v) is 2.81. The average Bonchev–Trinajstić information content (AvgIpc) is 2.42. The first-order valence-corrected chi connectivity index (χ1v) is 7.51. The molecule has 0 aliphatic rings. The lowest BCUT2D eigenvalue weighted by molar-refractivity contribution is -0.131. The van der Waals surface area contributed by atoms with Gasteiger partial charge in [0.15, 0.2) is 0 Å². The smallest absolute Gasteiger partial charge is 0.328 e. The van der Waals surface area contributed by atoms with Crippen molar-refractivity contribution in [3.05, 3.63) is 29.8 Å². The predicted molar refractivity (Wildman–Crippen MR) is 76.5 cm³/mol. The standard InChI is InChI=1S/C13H17NO6S/c1-9(15)8-14-21(18,19)12-7-10(4-6-13(16)17)3-5-11(12)20-2/h3-7,9,14-15H,8H2,1-2H3,(H,16,17)/b6-4+. The summed E-state index contributed by atoms with van der Waals surface area (Å²) in [6.45, 7) is 1.31. The zero-order valence-corrected chi connectivity index (χ0v) is 12.4. The molecule has 1 aromatic rings. The van der Waals surface area contributed by atoms with Gasteiger partial charge in [0.1, 0.15) is 10.6 Å². The molecule has 0 aliphatic heterocycles. The molecular formula is C13H17NO6S. The highest BCUT2D eigenvalue weighted by atomic mass is 32.2. The van der Waals surface area contributed by atoms with E-state index in [1.165, 1.54) is 38.3 Å². The molecule has 1 atom stereocenters. The van der Waals surface area contributed by atoms with Crippen LogP contribution in [0.1, 0.15) is 12.5 Å². The van der Waals surface area contributed by atoms with E-state index in [1.807, 2.05) is 0 Å². The van der Waals surface area contributed by atoms with E-state index < -0.39 is 22.1 Å². The molecule has 0 saturated heterocycles. The maximum absolute atomic E-state index is 12.2. The summed E-state index contributed by atoms with van der Waals surface area (Å²) in [7, 11) is -2.55. The highest BCUT2D eigenvalue weighted by molar-refractivity contribution is 7.89. The van der Waals surface area contributed by atoms with Gasteiger partial charge in [-0.2, -0.15) is 0 Å². The predicted octanol–water partition coefficient (Wildman–Crippen LogP) is 0.452. The first kappa shape index (κ1) is 17.2. The Morgan fingerprint density at radius 3 is 2.67 bits per heavy atom. The Morgan fingerprint density at radius 1 is 1.48 bits per heavy atom. The normalized spacial score (nSPS) is 13.3. The zero-order valence-electron chi connectivity index (χ0n) is 11.6. The molecule has 0 saturated carbocycles. The summed E-state index contributed by atoms with van der Waals surface area (Å²) >= 11 is 0. The molecule has 0 aliphatic carbocycles. The molecule has 1 aromatic carbocycles. The molecule has 0 amide bonds. The SMILES string of the molecule is COc1ccc(/C=C/C(=O)O)cc1S(=O)(=O)NCC(C)O. The van der Waals surface area contributed by atoms with Crippen molar-refractivity contribution in [1.29, 1.82) is 0 Å². The number of aliphatic carboxylic acids is 1. The highest BCUT2D eigenvalue weighted by Crippen LogP contribution is 2.25. The zero-order chi connectivity index (χ0) is 16.0. The summed E-state index contributed by atoms with van der Waals surface area (Å²) in [6, 6.07) is 4.26. The van der Waals surface area contributed by atoms with Crippen LogP contribution in [-0.4, -0.2) is 44.4 Å². The van der Waals surface area contributed by atoms with Gasteiger partial charge in [0.25, 0.3) is 0 Å². The monoisotopic (exact) mass is 315 g/mol. The van der Waals surface area contributed by atoms with Crippen molar-refractivity contribution >= 4 is 22.1 Å². The van der Waals surface area contributed by atoms with Crippen LogP contribution in [0.15, 0.2) is 29.2 Å². The lowest BCUT2D eigenvalue weighted by Crippen LogP contribution is -2.30. The van der Waals surface area contributed by atoms with Crippen LogP contribution >= 0.6 is 0 Å². The Balaban J connectivity index is 3.19. The minimum atomic E-state index is -3.88. The fraction of sp³-hybridized carbons (Fsp3) is 0.308. The van der Waals surface area contributed by atoms with E-state index >= 15 is 0 Å². The van der Waals surface area contributed by atoms with Crippen molar-refractivity contribution in [2.45, 2.75) is 17.9 Å². The van der Waals surface area contributed by atoms with Crippen molar-refractivity contribution in [1.82, 2.24) is 4.72 Å². The number of aliphatic hydroxyl groups is 1. The van der Waals surface area contributed by atoms with E-state index in [2.05, 4.69) is 4.72 Å². The molecule has 116 valence electrons. The largest absolute Gasteiger partial charge is 0.495 e. The molecular weight excluding hydrogens is 298 g/mol. The third-order valence-electron chi connectivity index (χ3n) is 2.46. The molecule has 3 N–H and O–H groups in total. The summed E-state index contributed by atoms with van der Waals surface area (Å²) in [4.78, 5) is 10.4. The number of methoxy groups -OCH3 is 1. The van der Waals surface area contributed by atoms with Gasteiger partial charge in [0, 0.05) is 12.6 Å². The molecule has 0 bridgehead atoms. The van der Waals surface area contributed by atoms with Crippen LogP contribution in [0.2, 0.25) is 0 Å². The van der Waals surface area contributed by atoms with Gasteiger partial charge in [0.05, 0.1) is 13.2 Å². The maximum atomic E-state index is 12.2. The van der Waals surface area contributed by atoms with Gasteiger partial charge in [0.2, 0.25) is 10.0 Å². The molecule has 0 spiro atoms. The minimum absolute atomic E-state index is 0.126. The van der Waals surface area contributed by atoms with E-state index in [1.54, 1.807) is 0 Å². The Hall–Kier alpha value is -1.90. The number of benzene rings is 1. The van der Waals surface area contributed by atoms with Gasteiger partial charge in [-0.15, -0.1) is 0 Å². The number of sulfonamides is 1. The summed E-state index contributed by atoms with van der Waals surface area (Å²) < 4.78 is 31.6. The van der Waals surface area contributed by atoms with Gasteiger partial charge >= 0.3 is 5.97 Å². The van der Waals surface area contributed by atoms with E-state index in [-0.39, 0.29) is 17.2 Å². The first-order valence-electron chi connectivity index (χ1n) is 6.03. The van der Waals surface area contributed by atoms with Crippen LogP contribution < -0.4 is 9.46 Å². The van der Waals surface area contributed by atoms with E-state index in [9.17, 15) is 13.2 Å². The molecule has 1 rings (SSSR count).